The fraction of sp³-hybridized carbons (Fsp3) is 0.957. The molecule has 0 bridgehead atoms. The van der Waals surface area contributed by atoms with Crippen molar-refractivity contribution in [1.82, 2.24) is 0 Å². The number of hydrogen-bond acceptors (Lipinski definition) is 20. The maximum atomic E-state index is 11.6. The van der Waals surface area contributed by atoms with Gasteiger partial charge >= 0.3 is 5.97 Å². The van der Waals surface area contributed by atoms with Crippen LogP contribution < -0.4 is 5.73 Å². The van der Waals surface area contributed by atoms with Crippen molar-refractivity contribution in [2.75, 3.05) is 26.4 Å². The molecule has 3 saturated heterocycles. The summed E-state index contributed by atoms with van der Waals surface area (Å²) in [6.45, 7) is -1.14. The van der Waals surface area contributed by atoms with Crippen molar-refractivity contribution >= 4 is 16.4 Å². The smallest absolute Gasteiger partial charge is 0.335 e. The molecule has 264 valence electrons. The maximum absolute atomic E-state index is 11.6. The van der Waals surface area contributed by atoms with Crippen LogP contribution in [0.3, 0.4) is 0 Å². The number of unbranched alkanes of at least 4 members (excludes halogenated alkanes) is 2. The molecule has 0 unspecified atom stereocenters. The number of aliphatic hydroxyl groups excluding tert-OH is 8. The van der Waals surface area contributed by atoms with Crippen LogP contribution in [0.25, 0.3) is 0 Å². The van der Waals surface area contributed by atoms with Crippen molar-refractivity contribution in [1.29, 1.82) is 0 Å². The summed E-state index contributed by atoms with van der Waals surface area (Å²) in [5.74, 6) is -1.90. The van der Waals surface area contributed by atoms with E-state index in [1.165, 1.54) is 0 Å². The largest absolute Gasteiger partial charge is 0.726 e. The first-order valence-corrected chi connectivity index (χ1v) is 15.2. The van der Waals surface area contributed by atoms with Gasteiger partial charge in [0.25, 0.3) is 0 Å². The lowest BCUT2D eigenvalue weighted by Gasteiger charge is -2.48. The molecule has 22 heteroatoms. The summed E-state index contributed by atoms with van der Waals surface area (Å²) in [6, 6.07) is 0. The Morgan fingerprint density at radius 2 is 1.29 bits per heavy atom. The monoisotopic (exact) mass is 682 g/mol. The summed E-state index contributed by atoms with van der Waals surface area (Å²) in [5, 5.41) is 92.8. The third kappa shape index (κ3) is 9.43. The van der Waals surface area contributed by atoms with Crippen molar-refractivity contribution in [2.24, 2.45) is 5.73 Å². The van der Waals surface area contributed by atoms with Crippen LogP contribution in [0.5, 0.6) is 0 Å². The summed E-state index contributed by atoms with van der Waals surface area (Å²) in [6.07, 6.45) is -27.4. The molecule has 3 fully saturated rings. The Balaban J connectivity index is 1.77. The van der Waals surface area contributed by atoms with Crippen LogP contribution >= 0.6 is 0 Å². The highest BCUT2D eigenvalue weighted by molar-refractivity contribution is 7.80. The number of hydrogen-bond donors (Lipinski definition) is 10. The minimum atomic E-state index is -5.62. The van der Waals surface area contributed by atoms with Gasteiger partial charge in [0.1, 0.15) is 67.1 Å². The summed E-state index contributed by atoms with van der Waals surface area (Å²) in [4.78, 5) is 11.6. The fourth-order valence-electron chi connectivity index (χ4n) is 5.02. The Hall–Kier alpha value is -1.26. The molecule has 0 aromatic carbocycles. The Morgan fingerprint density at radius 1 is 0.711 bits per heavy atom. The topological polar surface area (TPSA) is 347 Å². The number of carboxylic acid groups (broad SMARTS) is 1. The van der Waals surface area contributed by atoms with E-state index in [1.54, 1.807) is 0 Å². The second-order valence-corrected chi connectivity index (χ2v) is 11.6. The zero-order valence-electron chi connectivity index (χ0n) is 23.6. The zero-order valence-corrected chi connectivity index (χ0v) is 24.4. The molecule has 0 saturated carbocycles. The van der Waals surface area contributed by atoms with E-state index in [-0.39, 0.29) is 6.61 Å². The maximum Gasteiger partial charge on any atom is 0.335 e. The lowest BCUT2D eigenvalue weighted by molar-refractivity contribution is -0.378. The van der Waals surface area contributed by atoms with E-state index in [1.807, 2.05) is 0 Å². The van der Waals surface area contributed by atoms with Crippen LogP contribution in [0.15, 0.2) is 0 Å². The van der Waals surface area contributed by atoms with Gasteiger partial charge in [0.2, 0.25) is 10.4 Å². The molecule has 3 aliphatic heterocycles. The van der Waals surface area contributed by atoms with E-state index in [2.05, 4.69) is 4.18 Å². The fourth-order valence-corrected chi connectivity index (χ4v) is 5.52. The number of rotatable bonds is 15. The molecule has 0 amide bonds. The van der Waals surface area contributed by atoms with Gasteiger partial charge in [-0.1, -0.05) is 0 Å². The van der Waals surface area contributed by atoms with Gasteiger partial charge in [0.05, 0.1) is 13.2 Å². The first kappa shape index (κ1) is 38.2. The van der Waals surface area contributed by atoms with Gasteiger partial charge in [-0.25, -0.2) is 13.2 Å². The summed E-state index contributed by atoms with van der Waals surface area (Å²) in [5.41, 5.74) is 5.44. The van der Waals surface area contributed by atoms with Crippen LogP contribution in [0.1, 0.15) is 19.3 Å². The number of ether oxygens (including phenoxy) is 6. The van der Waals surface area contributed by atoms with Gasteiger partial charge in [-0.15, -0.1) is 0 Å². The minimum Gasteiger partial charge on any atom is -0.726 e. The second-order valence-electron chi connectivity index (χ2n) is 10.5. The minimum absolute atomic E-state index is 0.124. The Bertz CT molecular complexity index is 1040. The lowest BCUT2D eigenvalue weighted by Crippen LogP contribution is -2.67. The molecule has 45 heavy (non-hydrogen) atoms. The average Bonchev–Trinajstić information content (AvgIpc) is 2.98. The number of nitrogens with two attached hydrogens (primary N) is 1. The van der Waals surface area contributed by atoms with E-state index in [4.69, 9.17) is 34.2 Å². The van der Waals surface area contributed by atoms with Crippen molar-refractivity contribution in [3.63, 3.8) is 0 Å². The Kier molecular flexibility index (Phi) is 14.2. The SMILES string of the molecule is NCCCCCO[C@@H]1O[C@H](CO)[C@@H](O[C@@H]2O[C@H](CO)[C@H](O)[C@H](O[C@@H]3O[C@H](C(=O)O)[C@@H](O)[C@H](OS(=O)(=O)[O-])[C@H]3O)[C@H]2O)[C@H](O)[C@H]1O. The van der Waals surface area contributed by atoms with Crippen molar-refractivity contribution < 1.29 is 96.3 Å². The van der Waals surface area contributed by atoms with Crippen molar-refractivity contribution in [2.45, 2.75) is 111 Å². The highest BCUT2D eigenvalue weighted by atomic mass is 32.3. The van der Waals surface area contributed by atoms with E-state index >= 15 is 0 Å². The summed E-state index contributed by atoms with van der Waals surface area (Å²) in [7, 11) is -5.62. The van der Waals surface area contributed by atoms with Gasteiger partial charge in [-0.05, 0) is 25.8 Å². The molecule has 0 radical (unpaired) electrons. The number of aliphatic carboxylic acids is 1. The molecule has 3 heterocycles. The molecule has 0 spiro atoms. The van der Waals surface area contributed by atoms with Gasteiger partial charge in [-0.3, -0.25) is 4.18 Å². The molecule has 15 atom stereocenters. The van der Waals surface area contributed by atoms with Crippen molar-refractivity contribution in [3.05, 3.63) is 0 Å². The molecule has 0 aromatic rings. The highest BCUT2D eigenvalue weighted by Crippen LogP contribution is 2.33. The average molecular weight is 683 g/mol. The lowest BCUT2D eigenvalue weighted by atomic mass is 9.96. The molecule has 11 N–H and O–H groups in total. The van der Waals surface area contributed by atoms with Crippen LogP contribution in [-0.4, -0.2) is 183 Å². The summed E-state index contributed by atoms with van der Waals surface area (Å²) >= 11 is 0. The first-order chi connectivity index (χ1) is 21.1. The normalized spacial score (nSPS) is 42.8. The summed E-state index contributed by atoms with van der Waals surface area (Å²) < 4.78 is 69.9. The third-order valence-electron chi connectivity index (χ3n) is 7.37. The standard InChI is InChI=1S/C23H41NO20S/c24-4-2-1-3-5-38-21-12(29)11(28)16(9(7-26)40-21)41-22-14(31)17(10(27)8(6-25)39-22)42-23-15(32)18(44-45(35,36)37)13(30)19(43-23)20(33)34/h8-19,21-23,25-32H,1-7,24H2,(H,33,34)(H,35,36,37)/p-1/t8-,9-,10+,11-,12-,13+,14-,15-,16-,17+,18+,19+,21-,22+,23-/m1/s1. The van der Waals surface area contributed by atoms with E-state index in [9.17, 15) is 63.7 Å². The van der Waals surface area contributed by atoms with E-state index in [0.29, 0.717) is 13.0 Å². The van der Waals surface area contributed by atoms with Gasteiger partial charge in [0, 0.05) is 6.61 Å². The van der Waals surface area contributed by atoms with Gasteiger partial charge in [0.15, 0.2) is 25.0 Å². The van der Waals surface area contributed by atoms with Crippen molar-refractivity contribution in [3.8, 4) is 0 Å². The third-order valence-corrected chi connectivity index (χ3v) is 7.83. The number of aliphatic hydroxyl groups is 8. The first-order valence-electron chi connectivity index (χ1n) is 13.9. The van der Waals surface area contributed by atoms with E-state index in [0.717, 1.165) is 12.8 Å². The van der Waals surface area contributed by atoms with Crippen LogP contribution in [0, 0.1) is 0 Å². The van der Waals surface area contributed by atoms with Gasteiger partial charge in [-0.2, -0.15) is 0 Å². The number of carbonyl (C=O) groups is 1. The van der Waals surface area contributed by atoms with Crippen LogP contribution in [0.2, 0.25) is 0 Å². The molecule has 3 rings (SSSR count). The molecular formula is C23H40NO20S-. The predicted octanol–water partition coefficient (Wildman–Crippen LogP) is -6.84. The quantitative estimate of drug-likeness (QED) is 0.0435. The molecular weight excluding hydrogens is 642 g/mol. The molecule has 0 aromatic heterocycles. The zero-order chi connectivity index (χ0) is 33.6. The molecule has 0 aliphatic carbocycles. The Labute approximate surface area is 256 Å². The van der Waals surface area contributed by atoms with E-state index < -0.39 is 122 Å². The highest BCUT2D eigenvalue weighted by Gasteiger charge is 2.55. The predicted molar refractivity (Wildman–Crippen MR) is 137 cm³/mol. The number of carboxylic acids is 1. The second kappa shape index (κ2) is 16.7. The molecule has 21 nitrogen and oxygen atoms in total. The van der Waals surface area contributed by atoms with Crippen LogP contribution in [0.4, 0.5) is 0 Å². The Morgan fingerprint density at radius 3 is 1.87 bits per heavy atom. The van der Waals surface area contributed by atoms with Gasteiger partial charge < -0.3 is 84.7 Å². The van der Waals surface area contributed by atoms with Crippen LogP contribution in [-0.2, 0) is 47.8 Å². The molecule has 3 aliphatic rings.